The molecule has 0 radical (unpaired) electrons. The van der Waals surface area contributed by atoms with E-state index in [1.54, 1.807) is 18.5 Å². The number of hydrogen-bond acceptors (Lipinski definition) is 1. The van der Waals surface area contributed by atoms with E-state index < -0.39 is 0 Å². The van der Waals surface area contributed by atoms with Gasteiger partial charge in [-0.2, -0.15) is 12.1 Å². The number of halogens is 2. The van der Waals surface area contributed by atoms with Crippen molar-refractivity contribution >= 4 is 15.9 Å². The smallest absolute Gasteiger partial charge is 1.00 e. The van der Waals surface area contributed by atoms with Crippen LogP contribution in [0.3, 0.4) is 0 Å². The second-order valence-electron chi connectivity index (χ2n) is 1.09. The number of pyridine rings is 1. The molecule has 1 nitrogen and oxygen atoms in total. The number of nitrogens with zero attached hydrogens (tertiary/aromatic N) is 1. The summed E-state index contributed by atoms with van der Waals surface area (Å²) in [5.74, 6) is 0. The van der Waals surface area contributed by atoms with E-state index in [1.807, 2.05) is 0 Å². The largest absolute Gasteiger partial charge is 2.00 e. The quantitative estimate of drug-likeness (QED) is 0.414. The van der Waals surface area contributed by atoms with Crippen molar-refractivity contribution in [2.75, 3.05) is 0 Å². The first-order valence-electron chi connectivity index (χ1n) is 1.87. The maximum Gasteiger partial charge on any atom is 2.00 e. The fourth-order valence-electron chi connectivity index (χ4n) is 0.306. The van der Waals surface area contributed by atoms with Crippen LogP contribution >= 0.6 is 15.9 Å². The Balaban J connectivity index is 0. The van der Waals surface area contributed by atoms with E-state index >= 15 is 0 Å². The molecule has 0 saturated heterocycles. The first-order chi connectivity index (χ1) is 3.39. The molecule has 0 saturated carbocycles. The first-order valence-corrected chi connectivity index (χ1v) is 2.66. The minimum absolute atomic E-state index is 0. The van der Waals surface area contributed by atoms with Gasteiger partial charge >= 0.3 is 19.5 Å². The number of rotatable bonds is 0. The van der Waals surface area contributed by atoms with Crippen LogP contribution in [0.15, 0.2) is 22.9 Å². The maximum absolute atomic E-state index is 3.81. The van der Waals surface area contributed by atoms with E-state index in [2.05, 4.69) is 27.0 Å². The molecule has 0 aliphatic rings. The zero-order chi connectivity index (χ0) is 5.11. The number of hydrogen-bond donors (Lipinski definition) is 0. The molecule has 0 aliphatic heterocycles. The van der Waals surface area contributed by atoms with Crippen LogP contribution in [-0.2, 0) is 19.5 Å². The van der Waals surface area contributed by atoms with Crippen molar-refractivity contribution in [3.63, 3.8) is 0 Å². The molecular formula is C5H3BrClNZn. The molecule has 0 aliphatic carbocycles. The van der Waals surface area contributed by atoms with Gasteiger partial charge in [0.1, 0.15) is 0 Å². The normalized spacial score (nSPS) is 6.78. The van der Waals surface area contributed by atoms with Crippen LogP contribution in [0.2, 0.25) is 0 Å². The number of aromatic nitrogens is 1. The van der Waals surface area contributed by atoms with Gasteiger partial charge in [-0.1, -0.05) is 32.8 Å². The summed E-state index contributed by atoms with van der Waals surface area (Å²) in [4.78, 5) is 3.81. The molecule has 0 atom stereocenters. The molecule has 0 unspecified atom stereocenters. The van der Waals surface area contributed by atoms with Gasteiger partial charge in [-0.3, -0.25) is 0 Å². The van der Waals surface area contributed by atoms with E-state index in [9.17, 15) is 0 Å². The second-order valence-corrected chi connectivity index (χ2v) is 1.94. The van der Waals surface area contributed by atoms with Gasteiger partial charge in [-0.15, -0.1) is 0 Å². The minimum Gasteiger partial charge on any atom is -1.00 e. The Bertz CT molecular complexity index is 147. The molecule has 1 heterocycles. The minimum atomic E-state index is 0. The van der Waals surface area contributed by atoms with Gasteiger partial charge < -0.3 is 17.4 Å². The fraction of sp³-hybridized carbons (Fsp3) is 0. The molecule has 4 heteroatoms. The average molecular weight is 258 g/mol. The summed E-state index contributed by atoms with van der Waals surface area (Å²) in [5, 5.41) is 0. The van der Waals surface area contributed by atoms with E-state index in [1.165, 1.54) is 0 Å². The van der Waals surface area contributed by atoms with Gasteiger partial charge in [0.05, 0.1) is 0 Å². The van der Waals surface area contributed by atoms with Crippen molar-refractivity contribution in [2.45, 2.75) is 0 Å². The summed E-state index contributed by atoms with van der Waals surface area (Å²) in [5.41, 5.74) is 0. The zero-order valence-corrected chi connectivity index (χ0v) is 9.95. The molecule has 0 N–H and O–H groups in total. The van der Waals surface area contributed by atoms with Crippen molar-refractivity contribution < 1.29 is 31.9 Å². The third-order valence-corrected chi connectivity index (χ3v) is 1.00. The summed E-state index contributed by atoms with van der Waals surface area (Å²) < 4.78 is 0.898. The molecule has 1 rings (SSSR count). The maximum atomic E-state index is 3.81. The third kappa shape index (κ3) is 5.01. The summed E-state index contributed by atoms with van der Waals surface area (Å²) >= 11 is 3.19. The standard InChI is InChI=1S/C5H3BrN.ClH.Zn/c6-5-2-1-3-7-4-5;;/h1,3-4H;1H;/q-1;;+2/p-1. The van der Waals surface area contributed by atoms with Crippen molar-refractivity contribution in [1.82, 2.24) is 4.98 Å². The van der Waals surface area contributed by atoms with Crippen LogP contribution in [0.1, 0.15) is 0 Å². The van der Waals surface area contributed by atoms with Crippen LogP contribution in [0.4, 0.5) is 0 Å². The Kier molecular flexibility index (Phi) is 9.06. The Hall–Kier alpha value is 0.543. The van der Waals surface area contributed by atoms with Crippen LogP contribution < -0.4 is 12.4 Å². The Morgan fingerprint density at radius 2 is 2.22 bits per heavy atom. The van der Waals surface area contributed by atoms with Gasteiger partial charge in [0.15, 0.2) is 0 Å². The van der Waals surface area contributed by atoms with E-state index in [4.69, 9.17) is 0 Å². The molecular weight excluding hydrogens is 255 g/mol. The van der Waals surface area contributed by atoms with E-state index in [-0.39, 0.29) is 31.9 Å². The van der Waals surface area contributed by atoms with Gasteiger partial charge in [0, 0.05) is 0 Å². The van der Waals surface area contributed by atoms with Crippen molar-refractivity contribution in [3.8, 4) is 0 Å². The zero-order valence-electron chi connectivity index (χ0n) is 4.64. The molecule has 1 aromatic rings. The molecule has 0 aromatic carbocycles. The summed E-state index contributed by atoms with van der Waals surface area (Å²) in [6.07, 6.45) is 3.38. The SMILES string of the molecule is Brc1[c-]ccnc1.[Cl-].[Zn+2]. The first kappa shape index (κ1) is 12.2. The molecule has 0 fully saturated rings. The van der Waals surface area contributed by atoms with Gasteiger partial charge in [0.2, 0.25) is 0 Å². The third-order valence-electron chi connectivity index (χ3n) is 0.570. The van der Waals surface area contributed by atoms with Crippen LogP contribution in [0.25, 0.3) is 0 Å². The van der Waals surface area contributed by atoms with Crippen LogP contribution in [0, 0.1) is 6.07 Å². The molecule has 44 valence electrons. The second kappa shape index (κ2) is 6.66. The molecule has 0 amide bonds. The molecule has 9 heavy (non-hydrogen) atoms. The van der Waals surface area contributed by atoms with Crippen LogP contribution in [-0.4, -0.2) is 4.98 Å². The predicted molar refractivity (Wildman–Crippen MR) is 30.8 cm³/mol. The monoisotopic (exact) mass is 255 g/mol. The average Bonchev–Trinajstić information content (AvgIpc) is 1.69. The Labute approximate surface area is 81.6 Å². The molecule has 0 bridgehead atoms. The van der Waals surface area contributed by atoms with Crippen molar-refractivity contribution in [3.05, 3.63) is 29.0 Å². The molecule has 1 aromatic heterocycles. The summed E-state index contributed by atoms with van der Waals surface area (Å²) in [7, 11) is 0. The van der Waals surface area contributed by atoms with Gasteiger partial charge in [-0.25, -0.2) is 0 Å². The van der Waals surface area contributed by atoms with Crippen LogP contribution in [0.5, 0.6) is 0 Å². The molecule has 0 spiro atoms. The predicted octanol–water partition coefficient (Wildman–Crippen LogP) is -1.35. The topological polar surface area (TPSA) is 12.9 Å². The van der Waals surface area contributed by atoms with Gasteiger partial charge in [-0.05, 0) is 0 Å². The van der Waals surface area contributed by atoms with Crippen molar-refractivity contribution in [1.29, 1.82) is 0 Å². The van der Waals surface area contributed by atoms with E-state index in [0.717, 1.165) is 4.47 Å². The van der Waals surface area contributed by atoms with Gasteiger partial charge in [0.25, 0.3) is 0 Å². The summed E-state index contributed by atoms with van der Waals surface area (Å²) in [6, 6.07) is 4.64. The Morgan fingerprint density at radius 1 is 1.56 bits per heavy atom. The summed E-state index contributed by atoms with van der Waals surface area (Å²) in [6.45, 7) is 0. The fourth-order valence-corrected chi connectivity index (χ4v) is 0.556. The van der Waals surface area contributed by atoms with Crippen molar-refractivity contribution in [2.24, 2.45) is 0 Å². The Morgan fingerprint density at radius 3 is 2.44 bits per heavy atom. The van der Waals surface area contributed by atoms with E-state index in [0.29, 0.717) is 0 Å².